The Bertz CT molecular complexity index is 659. The Morgan fingerprint density at radius 3 is 2.68 bits per heavy atom. The number of amides is 1. The number of carbonyl (C=O) groups excluding carboxylic acids is 1. The quantitative estimate of drug-likeness (QED) is 0.742. The summed E-state index contributed by atoms with van der Waals surface area (Å²) in [6, 6.07) is 7.07. The summed E-state index contributed by atoms with van der Waals surface area (Å²) in [7, 11) is -3.51. The molecule has 0 bridgehead atoms. The summed E-state index contributed by atoms with van der Waals surface area (Å²) >= 11 is 3.30. The van der Waals surface area contributed by atoms with Gasteiger partial charge < -0.3 is 11.1 Å². The molecule has 5 nitrogen and oxygen atoms in total. The maximum Gasteiger partial charge on any atom is 0.235 e. The minimum absolute atomic E-state index is 0.150. The monoisotopic (exact) mass is 388 g/mol. The highest BCUT2D eigenvalue weighted by molar-refractivity contribution is 9.10. The predicted molar refractivity (Wildman–Crippen MR) is 90.0 cm³/mol. The van der Waals surface area contributed by atoms with Crippen molar-refractivity contribution in [3.05, 3.63) is 34.3 Å². The fourth-order valence-electron chi connectivity index (χ4n) is 2.53. The zero-order valence-corrected chi connectivity index (χ0v) is 14.9. The number of hydrogen-bond acceptors (Lipinski definition) is 4. The molecule has 1 aromatic carbocycles. The van der Waals surface area contributed by atoms with E-state index in [0.29, 0.717) is 18.0 Å². The molecule has 1 aliphatic carbocycles. The second kappa shape index (κ2) is 6.68. The highest BCUT2D eigenvalue weighted by atomic mass is 79.9. The molecule has 1 unspecified atom stereocenters. The van der Waals surface area contributed by atoms with Crippen LogP contribution in [0.4, 0.5) is 0 Å². The summed E-state index contributed by atoms with van der Waals surface area (Å²) in [5.74, 6) is -0.783. The van der Waals surface area contributed by atoms with E-state index >= 15 is 0 Å². The van der Waals surface area contributed by atoms with Crippen molar-refractivity contribution in [3.8, 4) is 0 Å². The molecule has 22 heavy (non-hydrogen) atoms. The normalized spacial score (nSPS) is 17.8. The molecule has 122 valence electrons. The number of halogens is 1. The van der Waals surface area contributed by atoms with Crippen LogP contribution in [-0.4, -0.2) is 32.2 Å². The molecule has 1 aliphatic rings. The van der Waals surface area contributed by atoms with Gasteiger partial charge in [-0.3, -0.25) is 4.79 Å². The lowest BCUT2D eigenvalue weighted by molar-refractivity contribution is -0.120. The molecule has 1 atom stereocenters. The van der Waals surface area contributed by atoms with Gasteiger partial charge in [0.2, 0.25) is 5.91 Å². The lowest BCUT2D eigenvalue weighted by atomic mass is 9.96. The summed E-state index contributed by atoms with van der Waals surface area (Å²) in [5.41, 5.74) is 5.89. The molecule has 0 saturated heterocycles. The average molecular weight is 389 g/mol. The van der Waals surface area contributed by atoms with Crippen molar-refractivity contribution in [1.82, 2.24) is 5.32 Å². The maximum absolute atomic E-state index is 12.2. The van der Waals surface area contributed by atoms with Crippen molar-refractivity contribution in [1.29, 1.82) is 0 Å². The Hall–Kier alpha value is -0.920. The molecule has 0 aliphatic heterocycles. The number of benzene rings is 1. The van der Waals surface area contributed by atoms with Crippen molar-refractivity contribution in [3.63, 3.8) is 0 Å². The van der Waals surface area contributed by atoms with E-state index in [1.807, 2.05) is 13.0 Å². The van der Waals surface area contributed by atoms with Gasteiger partial charge >= 0.3 is 0 Å². The van der Waals surface area contributed by atoms with Crippen LogP contribution in [0.25, 0.3) is 0 Å². The van der Waals surface area contributed by atoms with Crippen LogP contribution in [0.1, 0.15) is 25.3 Å². The summed E-state index contributed by atoms with van der Waals surface area (Å²) in [4.78, 5) is 12.1. The molecule has 0 spiro atoms. The van der Waals surface area contributed by atoms with Gasteiger partial charge in [-0.05, 0) is 43.4 Å². The van der Waals surface area contributed by atoms with Gasteiger partial charge in [-0.1, -0.05) is 28.1 Å². The van der Waals surface area contributed by atoms with Crippen LogP contribution in [0.15, 0.2) is 28.7 Å². The molecular formula is C15H21BrN2O3S. The van der Waals surface area contributed by atoms with Crippen LogP contribution >= 0.6 is 15.9 Å². The Balaban J connectivity index is 1.97. The number of sulfone groups is 1. The minimum atomic E-state index is -3.51. The number of hydrogen-bond donors (Lipinski definition) is 2. The van der Waals surface area contributed by atoms with Crippen LogP contribution in [-0.2, 0) is 20.4 Å². The first-order valence-corrected chi connectivity index (χ1v) is 9.81. The van der Waals surface area contributed by atoms with E-state index in [-0.39, 0.29) is 5.75 Å². The lowest BCUT2D eigenvalue weighted by Gasteiger charge is -2.29. The third kappa shape index (κ3) is 4.79. The Morgan fingerprint density at radius 2 is 2.14 bits per heavy atom. The van der Waals surface area contributed by atoms with Crippen molar-refractivity contribution in [2.75, 3.05) is 12.3 Å². The summed E-state index contributed by atoms with van der Waals surface area (Å²) < 4.78 is 25.2. The zero-order chi connectivity index (χ0) is 16.4. The van der Waals surface area contributed by atoms with Gasteiger partial charge in [0.15, 0.2) is 9.84 Å². The number of nitrogens with two attached hydrogens (primary N) is 1. The van der Waals surface area contributed by atoms with Gasteiger partial charge in [-0.25, -0.2) is 8.42 Å². The second-order valence-electron chi connectivity index (χ2n) is 6.11. The van der Waals surface area contributed by atoms with E-state index in [1.54, 1.807) is 18.2 Å². The van der Waals surface area contributed by atoms with Gasteiger partial charge in [0, 0.05) is 11.0 Å². The fourth-order valence-corrected chi connectivity index (χ4v) is 4.23. The Labute approximate surface area is 139 Å². The third-order valence-corrected chi connectivity index (χ3v) is 5.92. The number of carbonyl (C=O) groups is 1. The summed E-state index contributed by atoms with van der Waals surface area (Å²) in [5, 5.41) is 2.81. The first kappa shape index (κ1) is 17.4. The van der Waals surface area contributed by atoms with E-state index in [2.05, 4.69) is 21.2 Å². The van der Waals surface area contributed by atoms with Gasteiger partial charge in [-0.2, -0.15) is 0 Å². The van der Waals surface area contributed by atoms with E-state index in [9.17, 15) is 13.2 Å². The number of rotatable bonds is 7. The summed E-state index contributed by atoms with van der Waals surface area (Å²) in [6.45, 7) is 2.19. The molecule has 7 heteroatoms. The van der Waals surface area contributed by atoms with Gasteiger partial charge in [0.1, 0.15) is 5.75 Å². The van der Waals surface area contributed by atoms with Crippen LogP contribution in [0.2, 0.25) is 0 Å². The third-order valence-electron chi connectivity index (χ3n) is 3.95. The molecule has 3 N–H and O–H groups in total. The van der Waals surface area contributed by atoms with Crippen molar-refractivity contribution in [2.24, 2.45) is 11.7 Å². The molecule has 0 aromatic heterocycles. The van der Waals surface area contributed by atoms with Gasteiger partial charge in [-0.15, -0.1) is 0 Å². The summed E-state index contributed by atoms with van der Waals surface area (Å²) in [6.07, 6.45) is 2.05. The first-order chi connectivity index (χ1) is 10.2. The van der Waals surface area contributed by atoms with Crippen molar-refractivity contribution >= 4 is 31.7 Å². The van der Waals surface area contributed by atoms with E-state index in [1.165, 1.54) is 0 Å². The number of nitrogens with one attached hydrogen (secondary N) is 1. The van der Waals surface area contributed by atoms with Crippen molar-refractivity contribution in [2.45, 2.75) is 31.1 Å². The molecular weight excluding hydrogens is 368 g/mol. The molecule has 1 fully saturated rings. The largest absolute Gasteiger partial charge is 0.349 e. The Morgan fingerprint density at radius 1 is 1.45 bits per heavy atom. The van der Waals surface area contributed by atoms with Crippen LogP contribution in [0.5, 0.6) is 0 Å². The van der Waals surface area contributed by atoms with E-state index < -0.39 is 27.0 Å². The van der Waals surface area contributed by atoms with Gasteiger partial charge in [0.05, 0.1) is 11.3 Å². The molecule has 1 aromatic rings. The zero-order valence-electron chi connectivity index (χ0n) is 12.5. The average Bonchev–Trinajstić information content (AvgIpc) is 3.21. The predicted octanol–water partition coefficient (Wildman–Crippen LogP) is 1.61. The lowest BCUT2D eigenvalue weighted by Crippen LogP contribution is -2.54. The SMILES string of the molecule is CC(CN)(NC(=O)CS(=O)(=O)Cc1cccc(Br)c1)C1CC1. The molecule has 1 saturated carbocycles. The maximum atomic E-state index is 12.2. The van der Waals surface area contributed by atoms with E-state index in [4.69, 9.17) is 5.73 Å². The standard InChI is InChI=1S/C15H21BrN2O3S/c1-15(10-17,12-5-6-12)18-14(19)9-22(20,21)8-11-3-2-4-13(16)7-11/h2-4,7,12H,5-6,8-10,17H2,1H3,(H,18,19). The highest BCUT2D eigenvalue weighted by Gasteiger charge is 2.41. The molecule has 0 heterocycles. The van der Waals surface area contributed by atoms with Crippen LogP contribution in [0.3, 0.4) is 0 Å². The first-order valence-electron chi connectivity index (χ1n) is 7.20. The van der Waals surface area contributed by atoms with Crippen LogP contribution in [0, 0.1) is 5.92 Å². The molecule has 1 amide bonds. The second-order valence-corrected chi connectivity index (χ2v) is 9.09. The van der Waals surface area contributed by atoms with Gasteiger partial charge in [0.25, 0.3) is 0 Å². The van der Waals surface area contributed by atoms with Crippen LogP contribution < -0.4 is 11.1 Å². The highest BCUT2D eigenvalue weighted by Crippen LogP contribution is 2.38. The van der Waals surface area contributed by atoms with Crippen molar-refractivity contribution < 1.29 is 13.2 Å². The molecule has 2 rings (SSSR count). The Kier molecular flexibility index (Phi) is 5.29. The fraction of sp³-hybridized carbons (Fsp3) is 0.533. The minimum Gasteiger partial charge on any atom is -0.349 e. The molecule has 0 radical (unpaired) electrons. The van der Waals surface area contributed by atoms with E-state index in [0.717, 1.165) is 17.3 Å². The smallest absolute Gasteiger partial charge is 0.235 e. The topological polar surface area (TPSA) is 89.3 Å².